The van der Waals surface area contributed by atoms with Crippen LogP contribution < -0.4 is 14.8 Å². The molecule has 0 aliphatic carbocycles. The highest BCUT2D eigenvalue weighted by Gasteiger charge is 2.15. The van der Waals surface area contributed by atoms with Crippen LogP contribution >= 0.6 is 35.0 Å². The lowest BCUT2D eigenvalue weighted by molar-refractivity contribution is -0.113. The van der Waals surface area contributed by atoms with Crippen molar-refractivity contribution in [1.82, 2.24) is 10.2 Å². The molecule has 0 saturated heterocycles. The quantitative estimate of drug-likeness (QED) is 0.529. The van der Waals surface area contributed by atoms with Gasteiger partial charge in [0.2, 0.25) is 11.8 Å². The minimum atomic E-state index is -0.300. The molecule has 28 heavy (non-hydrogen) atoms. The minimum absolute atomic E-state index is 0.0507. The number of carbonyl (C=O) groups is 1. The number of benzene rings is 2. The summed E-state index contributed by atoms with van der Waals surface area (Å²) < 4.78 is 16.1. The SMILES string of the molecule is COc1ccc(-c2nnc(SCC(=O)Nc3c(Cl)cccc3Cl)o2)cc1OC. The van der Waals surface area contributed by atoms with Gasteiger partial charge in [0.1, 0.15) is 0 Å². The average Bonchev–Trinajstić information content (AvgIpc) is 3.18. The predicted molar refractivity (Wildman–Crippen MR) is 109 cm³/mol. The van der Waals surface area contributed by atoms with Crippen molar-refractivity contribution in [1.29, 1.82) is 0 Å². The molecule has 0 bridgehead atoms. The van der Waals surface area contributed by atoms with Crippen LogP contribution in [0.1, 0.15) is 0 Å². The first-order valence-corrected chi connectivity index (χ1v) is 9.68. The van der Waals surface area contributed by atoms with Crippen molar-refractivity contribution >= 4 is 46.6 Å². The lowest BCUT2D eigenvalue weighted by Gasteiger charge is -2.08. The maximum atomic E-state index is 12.2. The molecule has 146 valence electrons. The van der Waals surface area contributed by atoms with Crippen LogP contribution in [0.4, 0.5) is 5.69 Å². The molecule has 3 rings (SSSR count). The van der Waals surface area contributed by atoms with Gasteiger partial charge in [0.25, 0.3) is 5.22 Å². The van der Waals surface area contributed by atoms with Crippen LogP contribution in [0.2, 0.25) is 10.0 Å². The number of thioether (sulfide) groups is 1. The highest BCUT2D eigenvalue weighted by Crippen LogP contribution is 2.33. The molecule has 1 aromatic heterocycles. The van der Waals surface area contributed by atoms with Gasteiger partial charge >= 0.3 is 0 Å². The van der Waals surface area contributed by atoms with Crippen molar-refractivity contribution in [2.24, 2.45) is 0 Å². The van der Waals surface area contributed by atoms with Crippen LogP contribution in [-0.4, -0.2) is 36.1 Å². The molecule has 0 spiro atoms. The Morgan fingerprint density at radius 3 is 2.50 bits per heavy atom. The monoisotopic (exact) mass is 439 g/mol. The zero-order valence-electron chi connectivity index (χ0n) is 14.9. The molecule has 0 aliphatic rings. The molecular weight excluding hydrogens is 425 g/mol. The first-order chi connectivity index (χ1) is 13.5. The molecule has 2 aromatic carbocycles. The summed E-state index contributed by atoms with van der Waals surface area (Å²) in [6.45, 7) is 0. The Morgan fingerprint density at radius 1 is 1.11 bits per heavy atom. The van der Waals surface area contributed by atoms with Gasteiger partial charge in [-0.05, 0) is 30.3 Å². The molecule has 1 heterocycles. The fraction of sp³-hybridized carbons (Fsp3) is 0.167. The second kappa shape index (κ2) is 9.18. The first-order valence-electron chi connectivity index (χ1n) is 7.94. The number of amides is 1. The van der Waals surface area contributed by atoms with Gasteiger partial charge in [0.15, 0.2) is 11.5 Å². The number of hydrogen-bond donors (Lipinski definition) is 1. The molecule has 7 nitrogen and oxygen atoms in total. The van der Waals surface area contributed by atoms with Gasteiger partial charge < -0.3 is 19.2 Å². The summed E-state index contributed by atoms with van der Waals surface area (Å²) in [6.07, 6.45) is 0. The van der Waals surface area contributed by atoms with Crippen LogP contribution in [0.5, 0.6) is 11.5 Å². The third-order valence-corrected chi connectivity index (χ3v) is 5.04. The third kappa shape index (κ3) is 4.70. The summed E-state index contributed by atoms with van der Waals surface area (Å²) in [5.41, 5.74) is 1.04. The van der Waals surface area contributed by atoms with E-state index in [0.717, 1.165) is 11.8 Å². The summed E-state index contributed by atoms with van der Waals surface area (Å²) >= 11 is 13.2. The molecule has 0 atom stereocenters. The van der Waals surface area contributed by atoms with Crippen molar-refractivity contribution in [3.63, 3.8) is 0 Å². The Kier molecular flexibility index (Phi) is 6.66. The lowest BCUT2D eigenvalue weighted by Crippen LogP contribution is -2.14. The van der Waals surface area contributed by atoms with E-state index in [0.29, 0.717) is 38.7 Å². The Morgan fingerprint density at radius 2 is 1.82 bits per heavy atom. The zero-order valence-corrected chi connectivity index (χ0v) is 17.2. The molecule has 0 saturated carbocycles. The average molecular weight is 440 g/mol. The van der Waals surface area contributed by atoms with Crippen molar-refractivity contribution in [2.75, 3.05) is 25.3 Å². The van der Waals surface area contributed by atoms with E-state index in [9.17, 15) is 4.79 Å². The minimum Gasteiger partial charge on any atom is -0.493 e. The number of halogens is 2. The highest BCUT2D eigenvalue weighted by molar-refractivity contribution is 7.99. The zero-order chi connectivity index (χ0) is 20.1. The predicted octanol–water partition coefficient (Wildman–Crippen LogP) is 4.79. The molecule has 0 radical (unpaired) electrons. The Bertz CT molecular complexity index is 976. The van der Waals surface area contributed by atoms with Crippen molar-refractivity contribution in [3.05, 3.63) is 46.4 Å². The number of para-hydroxylation sites is 1. The maximum Gasteiger partial charge on any atom is 0.277 e. The van der Waals surface area contributed by atoms with Crippen LogP contribution in [-0.2, 0) is 4.79 Å². The van der Waals surface area contributed by atoms with E-state index >= 15 is 0 Å². The number of ether oxygens (including phenoxy) is 2. The summed E-state index contributed by atoms with van der Waals surface area (Å²) in [5, 5.41) is 11.6. The summed E-state index contributed by atoms with van der Waals surface area (Å²) in [7, 11) is 3.10. The molecule has 10 heteroatoms. The second-order valence-electron chi connectivity index (χ2n) is 5.38. The van der Waals surface area contributed by atoms with Crippen molar-refractivity contribution in [2.45, 2.75) is 5.22 Å². The lowest BCUT2D eigenvalue weighted by atomic mass is 10.2. The van der Waals surface area contributed by atoms with Crippen LogP contribution in [0.25, 0.3) is 11.5 Å². The number of methoxy groups -OCH3 is 2. The van der Waals surface area contributed by atoms with Gasteiger partial charge in [-0.1, -0.05) is 41.0 Å². The van der Waals surface area contributed by atoms with Crippen LogP contribution in [0.3, 0.4) is 0 Å². The standard InChI is InChI=1S/C18H15Cl2N3O4S/c1-25-13-7-6-10(8-14(13)26-2)17-22-23-18(27-17)28-9-15(24)21-16-11(19)4-3-5-12(16)20/h3-8H,9H2,1-2H3,(H,21,24). The topological polar surface area (TPSA) is 86.5 Å². The van der Waals surface area contributed by atoms with E-state index in [1.165, 1.54) is 0 Å². The molecule has 3 aromatic rings. The van der Waals surface area contributed by atoms with E-state index in [1.54, 1.807) is 50.6 Å². The van der Waals surface area contributed by atoms with Crippen molar-refractivity contribution in [3.8, 4) is 23.0 Å². The number of aromatic nitrogens is 2. The molecule has 0 unspecified atom stereocenters. The molecule has 1 N–H and O–H groups in total. The van der Waals surface area contributed by atoms with Gasteiger partial charge in [0, 0.05) is 5.56 Å². The van der Waals surface area contributed by atoms with E-state index in [1.807, 2.05) is 0 Å². The van der Waals surface area contributed by atoms with Crippen LogP contribution in [0.15, 0.2) is 46.0 Å². The number of rotatable bonds is 7. The molecule has 0 fully saturated rings. The Hall–Kier alpha value is -2.42. The summed E-state index contributed by atoms with van der Waals surface area (Å²) in [5.74, 6) is 1.19. The molecule has 1 amide bonds. The van der Waals surface area contributed by atoms with Gasteiger partial charge in [-0.15, -0.1) is 10.2 Å². The van der Waals surface area contributed by atoms with Crippen LogP contribution in [0, 0.1) is 0 Å². The number of nitrogens with one attached hydrogen (secondary N) is 1. The van der Waals surface area contributed by atoms with E-state index in [4.69, 9.17) is 37.1 Å². The fourth-order valence-corrected chi connectivity index (χ4v) is 3.33. The molecular formula is C18H15Cl2N3O4S. The second-order valence-corrected chi connectivity index (χ2v) is 7.12. The Balaban J connectivity index is 1.64. The number of hydrogen-bond acceptors (Lipinski definition) is 7. The number of nitrogens with zero attached hydrogens (tertiary/aromatic N) is 2. The first kappa shape index (κ1) is 20.3. The van der Waals surface area contributed by atoms with E-state index < -0.39 is 0 Å². The number of anilines is 1. The normalized spacial score (nSPS) is 10.6. The van der Waals surface area contributed by atoms with Gasteiger partial charge in [-0.25, -0.2) is 0 Å². The fourth-order valence-electron chi connectivity index (χ4n) is 2.27. The van der Waals surface area contributed by atoms with Gasteiger partial charge in [0.05, 0.1) is 35.7 Å². The van der Waals surface area contributed by atoms with Gasteiger partial charge in [-0.3, -0.25) is 4.79 Å². The highest BCUT2D eigenvalue weighted by atomic mass is 35.5. The van der Waals surface area contributed by atoms with Crippen molar-refractivity contribution < 1.29 is 18.7 Å². The Labute approximate surface area is 175 Å². The maximum absolute atomic E-state index is 12.2. The third-order valence-electron chi connectivity index (χ3n) is 3.59. The summed E-state index contributed by atoms with van der Waals surface area (Å²) in [6, 6.07) is 10.2. The largest absolute Gasteiger partial charge is 0.493 e. The smallest absolute Gasteiger partial charge is 0.277 e. The summed E-state index contributed by atoms with van der Waals surface area (Å²) in [4.78, 5) is 12.2. The van der Waals surface area contributed by atoms with E-state index in [-0.39, 0.29) is 16.9 Å². The number of carbonyl (C=O) groups excluding carboxylic acids is 1. The van der Waals surface area contributed by atoms with Gasteiger partial charge in [-0.2, -0.15) is 0 Å². The molecule has 0 aliphatic heterocycles. The van der Waals surface area contributed by atoms with E-state index in [2.05, 4.69) is 15.5 Å².